The van der Waals surface area contributed by atoms with Crippen LogP contribution >= 0.6 is 15.9 Å². The first kappa shape index (κ1) is 13.6. The maximum absolute atomic E-state index is 12.2. The van der Waals surface area contributed by atoms with Gasteiger partial charge in [0.05, 0.1) is 11.6 Å². The molecule has 98 valence electrons. The summed E-state index contributed by atoms with van der Waals surface area (Å²) in [7, 11) is 0. The van der Waals surface area contributed by atoms with Gasteiger partial charge in [0, 0.05) is 11.0 Å². The fourth-order valence-corrected chi connectivity index (χ4v) is 3.15. The van der Waals surface area contributed by atoms with Crippen LogP contribution in [0.2, 0.25) is 0 Å². The summed E-state index contributed by atoms with van der Waals surface area (Å²) in [5, 5.41) is 6.32. The molecule has 0 saturated carbocycles. The minimum atomic E-state index is 0.0892. The molecule has 1 aromatic rings. The van der Waals surface area contributed by atoms with E-state index in [0.29, 0.717) is 0 Å². The molecule has 1 aromatic carbocycles. The Morgan fingerprint density at radius 2 is 2.22 bits per heavy atom. The predicted molar refractivity (Wildman–Crippen MR) is 77.8 cm³/mol. The van der Waals surface area contributed by atoms with Gasteiger partial charge in [0.2, 0.25) is 5.91 Å². The number of rotatable bonds is 2. The van der Waals surface area contributed by atoms with Crippen molar-refractivity contribution in [3.63, 3.8) is 0 Å². The molecule has 0 spiro atoms. The van der Waals surface area contributed by atoms with Crippen LogP contribution in [0, 0.1) is 19.8 Å². The molecule has 0 bridgehead atoms. The molecule has 1 aliphatic heterocycles. The lowest BCUT2D eigenvalue weighted by Crippen LogP contribution is -2.37. The Kier molecular flexibility index (Phi) is 4.40. The van der Waals surface area contributed by atoms with E-state index < -0.39 is 0 Å². The number of anilines is 1. The van der Waals surface area contributed by atoms with E-state index in [0.717, 1.165) is 41.7 Å². The Morgan fingerprint density at radius 3 is 2.83 bits per heavy atom. The van der Waals surface area contributed by atoms with Crippen LogP contribution in [0.4, 0.5) is 5.69 Å². The van der Waals surface area contributed by atoms with E-state index in [1.165, 1.54) is 5.56 Å². The maximum atomic E-state index is 12.2. The van der Waals surface area contributed by atoms with E-state index in [1.807, 2.05) is 13.0 Å². The fraction of sp³-hybridized carbons (Fsp3) is 0.500. The monoisotopic (exact) mass is 310 g/mol. The van der Waals surface area contributed by atoms with Gasteiger partial charge in [-0.1, -0.05) is 6.07 Å². The van der Waals surface area contributed by atoms with Crippen molar-refractivity contribution in [2.45, 2.75) is 26.7 Å². The Bertz CT molecular complexity index is 430. The van der Waals surface area contributed by atoms with Gasteiger partial charge in [-0.05, 0) is 66.4 Å². The van der Waals surface area contributed by atoms with Crippen molar-refractivity contribution < 1.29 is 4.79 Å². The van der Waals surface area contributed by atoms with Crippen LogP contribution in [0.5, 0.6) is 0 Å². The number of aryl methyl sites for hydroxylation is 2. The standard InChI is InChI=1S/C14H19BrN2O/c1-9-6-10(2)13(12(15)7-9)17-14(18)11-4-3-5-16-8-11/h6-7,11,16H,3-5,8H2,1-2H3,(H,17,18). The highest BCUT2D eigenvalue weighted by atomic mass is 79.9. The number of hydrogen-bond donors (Lipinski definition) is 2. The molecule has 1 unspecified atom stereocenters. The van der Waals surface area contributed by atoms with Crippen LogP contribution in [0.1, 0.15) is 24.0 Å². The SMILES string of the molecule is Cc1cc(C)c(NC(=O)C2CCCNC2)c(Br)c1. The van der Waals surface area contributed by atoms with Crippen LogP contribution < -0.4 is 10.6 Å². The number of amides is 1. The maximum Gasteiger partial charge on any atom is 0.228 e. The number of hydrogen-bond acceptors (Lipinski definition) is 2. The molecule has 1 aliphatic rings. The van der Waals surface area contributed by atoms with Crippen molar-refractivity contribution in [2.75, 3.05) is 18.4 Å². The first-order valence-electron chi connectivity index (χ1n) is 6.36. The minimum Gasteiger partial charge on any atom is -0.325 e. The zero-order valence-corrected chi connectivity index (χ0v) is 12.4. The van der Waals surface area contributed by atoms with Gasteiger partial charge in [0.15, 0.2) is 0 Å². The largest absolute Gasteiger partial charge is 0.325 e. The molecular weight excluding hydrogens is 292 g/mol. The molecule has 0 radical (unpaired) electrons. The first-order chi connectivity index (χ1) is 8.58. The van der Waals surface area contributed by atoms with Crippen molar-refractivity contribution in [1.29, 1.82) is 0 Å². The molecule has 18 heavy (non-hydrogen) atoms. The van der Waals surface area contributed by atoms with E-state index >= 15 is 0 Å². The lowest BCUT2D eigenvalue weighted by atomic mass is 9.98. The summed E-state index contributed by atoms with van der Waals surface area (Å²) in [5.74, 6) is 0.209. The van der Waals surface area contributed by atoms with Crippen LogP contribution in [-0.4, -0.2) is 19.0 Å². The molecule has 3 nitrogen and oxygen atoms in total. The van der Waals surface area contributed by atoms with Gasteiger partial charge >= 0.3 is 0 Å². The third-order valence-corrected chi connectivity index (χ3v) is 3.97. The highest BCUT2D eigenvalue weighted by Gasteiger charge is 2.21. The molecular formula is C14H19BrN2O. The van der Waals surface area contributed by atoms with E-state index in [4.69, 9.17) is 0 Å². The second-order valence-electron chi connectivity index (χ2n) is 4.97. The number of piperidine rings is 1. The Hall–Kier alpha value is -0.870. The molecule has 0 aromatic heterocycles. The molecule has 0 aliphatic carbocycles. The lowest BCUT2D eigenvalue weighted by molar-refractivity contribution is -0.120. The molecule has 1 saturated heterocycles. The predicted octanol–water partition coefficient (Wildman–Crippen LogP) is 3.00. The van der Waals surface area contributed by atoms with Gasteiger partial charge in [0.25, 0.3) is 0 Å². The minimum absolute atomic E-state index is 0.0892. The van der Waals surface area contributed by atoms with E-state index in [2.05, 4.69) is 39.6 Å². The van der Waals surface area contributed by atoms with Gasteiger partial charge in [-0.15, -0.1) is 0 Å². The summed E-state index contributed by atoms with van der Waals surface area (Å²) >= 11 is 3.52. The number of halogens is 1. The van der Waals surface area contributed by atoms with Crippen LogP contribution in [0.3, 0.4) is 0 Å². The molecule has 1 heterocycles. The van der Waals surface area contributed by atoms with Gasteiger partial charge in [0.1, 0.15) is 0 Å². The fourth-order valence-electron chi connectivity index (χ4n) is 2.37. The van der Waals surface area contributed by atoms with E-state index in [9.17, 15) is 4.79 Å². The average Bonchev–Trinajstić information content (AvgIpc) is 2.34. The van der Waals surface area contributed by atoms with Gasteiger partial charge in [-0.2, -0.15) is 0 Å². The van der Waals surface area contributed by atoms with Crippen LogP contribution in [-0.2, 0) is 4.79 Å². The summed E-state index contributed by atoms with van der Waals surface area (Å²) in [4.78, 5) is 12.2. The third-order valence-electron chi connectivity index (χ3n) is 3.35. The first-order valence-corrected chi connectivity index (χ1v) is 7.15. The Morgan fingerprint density at radius 1 is 1.44 bits per heavy atom. The van der Waals surface area contributed by atoms with E-state index in [-0.39, 0.29) is 11.8 Å². The topological polar surface area (TPSA) is 41.1 Å². The molecule has 1 fully saturated rings. The van der Waals surface area contributed by atoms with Crippen LogP contribution in [0.15, 0.2) is 16.6 Å². The molecule has 1 amide bonds. The Balaban J connectivity index is 2.11. The van der Waals surface area contributed by atoms with Crippen molar-refractivity contribution in [3.05, 3.63) is 27.7 Å². The van der Waals surface area contributed by atoms with Crippen molar-refractivity contribution in [2.24, 2.45) is 5.92 Å². The molecule has 4 heteroatoms. The normalized spacial score (nSPS) is 19.6. The summed E-state index contributed by atoms with van der Waals surface area (Å²) < 4.78 is 0.956. The van der Waals surface area contributed by atoms with Crippen LogP contribution in [0.25, 0.3) is 0 Å². The summed E-state index contributed by atoms with van der Waals surface area (Å²) in [5.41, 5.74) is 3.19. The number of carbonyl (C=O) groups is 1. The molecule has 1 atom stereocenters. The Labute approximate surface area is 116 Å². The van der Waals surface area contributed by atoms with Crippen molar-refractivity contribution in [1.82, 2.24) is 5.32 Å². The van der Waals surface area contributed by atoms with E-state index in [1.54, 1.807) is 0 Å². The van der Waals surface area contributed by atoms with Gasteiger partial charge < -0.3 is 10.6 Å². The summed E-state index contributed by atoms with van der Waals surface area (Å²) in [6.45, 7) is 5.88. The highest BCUT2D eigenvalue weighted by Crippen LogP contribution is 2.28. The number of benzene rings is 1. The quantitative estimate of drug-likeness (QED) is 0.881. The second kappa shape index (κ2) is 5.85. The highest BCUT2D eigenvalue weighted by molar-refractivity contribution is 9.10. The number of nitrogens with one attached hydrogen (secondary N) is 2. The molecule has 2 rings (SSSR count). The summed E-state index contributed by atoms with van der Waals surface area (Å²) in [6.07, 6.45) is 2.05. The summed E-state index contributed by atoms with van der Waals surface area (Å²) in [6, 6.07) is 4.11. The zero-order chi connectivity index (χ0) is 13.1. The van der Waals surface area contributed by atoms with Crippen molar-refractivity contribution in [3.8, 4) is 0 Å². The van der Waals surface area contributed by atoms with Gasteiger partial charge in [-0.25, -0.2) is 0 Å². The van der Waals surface area contributed by atoms with Crippen molar-refractivity contribution >= 4 is 27.5 Å². The molecule has 2 N–H and O–H groups in total. The zero-order valence-electron chi connectivity index (χ0n) is 10.8. The average molecular weight is 311 g/mol. The third kappa shape index (κ3) is 3.12. The lowest BCUT2D eigenvalue weighted by Gasteiger charge is -2.22. The van der Waals surface area contributed by atoms with Gasteiger partial charge in [-0.3, -0.25) is 4.79 Å². The number of carbonyl (C=O) groups excluding carboxylic acids is 1. The second-order valence-corrected chi connectivity index (χ2v) is 5.83. The smallest absolute Gasteiger partial charge is 0.228 e.